The number of fused-ring (bicyclic) bond motifs is 1. The Bertz CT molecular complexity index is 1130. The fourth-order valence-corrected chi connectivity index (χ4v) is 4.96. The van der Waals surface area contributed by atoms with E-state index in [4.69, 9.17) is 9.84 Å². The molecule has 180 valence electrons. The van der Waals surface area contributed by atoms with Crippen molar-refractivity contribution in [2.45, 2.75) is 49.2 Å². The van der Waals surface area contributed by atoms with Gasteiger partial charge in [-0.05, 0) is 54.7 Å². The van der Waals surface area contributed by atoms with Crippen LogP contribution in [0.4, 0.5) is 22.0 Å². The van der Waals surface area contributed by atoms with Gasteiger partial charge in [-0.15, -0.1) is 0 Å². The Balaban J connectivity index is 1.99. The second kappa shape index (κ2) is 8.90. The maximum absolute atomic E-state index is 13.8. The van der Waals surface area contributed by atoms with Crippen LogP contribution < -0.4 is 9.46 Å². The monoisotopic (exact) mass is 493 g/mol. The van der Waals surface area contributed by atoms with E-state index in [0.29, 0.717) is 49.4 Å². The Labute approximate surface area is 186 Å². The van der Waals surface area contributed by atoms with Gasteiger partial charge in [0.2, 0.25) is 10.0 Å². The maximum Gasteiger partial charge on any atom is 0.416 e. The molecule has 0 saturated heterocycles. The van der Waals surface area contributed by atoms with E-state index in [1.807, 2.05) is 0 Å². The third kappa shape index (κ3) is 5.80. The fraction of sp³-hybridized carbons (Fsp3) is 0.381. The van der Waals surface area contributed by atoms with Crippen molar-refractivity contribution in [1.82, 2.24) is 4.72 Å². The summed E-state index contributed by atoms with van der Waals surface area (Å²) in [5.41, 5.74) is -1.54. The van der Waals surface area contributed by atoms with Crippen LogP contribution in [0.1, 0.15) is 48.1 Å². The molecule has 12 heteroatoms. The number of carboxylic acid groups (broad SMARTS) is 1. The molecule has 0 bridgehead atoms. The first kappa shape index (κ1) is 24.9. The van der Waals surface area contributed by atoms with E-state index >= 15 is 0 Å². The number of alkyl halides is 5. The van der Waals surface area contributed by atoms with E-state index in [0.717, 1.165) is 0 Å². The zero-order chi connectivity index (χ0) is 24.6. The van der Waals surface area contributed by atoms with Gasteiger partial charge >= 0.3 is 12.1 Å². The van der Waals surface area contributed by atoms with E-state index in [9.17, 15) is 35.2 Å². The molecule has 6 nitrogen and oxygen atoms in total. The minimum atomic E-state index is -5.03. The quantitative estimate of drug-likeness (QED) is 0.549. The number of sulfonamides is 1. The lowest BCUT2D eigenvalue weighted by Crippen LogP contribution is -2.31. The van der Waals surface area contributed by atoms with Gasteiger partial charge in [0.1, 0.15) is 5.75 Å². The van der Waals surface area contributed by atoms with Crippen LogP contribution in [0.5, 0.6) is 5.75 Å². The molecule has 0 aliphatic heterocycles. The highest BCUT2D eigenvalue weighted by molar-refractivity contribution is 7.89. The molecule has 0 spiro atoms. The highest BCUT2D eigenvalue weighted by Crippen LogP contribution is 2.38. The molecule has 1 aliphatic carbocycles. The maximum atomic E-state index is 13.8. The molecule has 0 unspecified atom stereocenters. The minimum absolute atomic E-state index is 0.223. The molecule has 2 N–H and O–H groups in total. The third-order valence-electron chi connectivity index (χ3n) is 5.16. The van der Waals surface area contributed by atoms with Crippen molar-refractivity contribution >= 4 is 16.0 Å². The summed E-state index contributed by atoms with van der Waals surface area (Å²) in [5, 5.41) is 8.82. The average molecular weight is 493 g/mol. The van der Waals surface area contributed by atoms with Crippen molar-refractivity contribution in [2.24, 2.45) is 0 Å². The molecule has 33 heavy (non-hydrogen) atoms. The predicted molar refractivity (Wildman–Crippen MR) is 107 cm³/mol. The summed E-state index contributed by atoms with van der Waals surface area (Å²) in [6.45, 7) is -0.229. The zero-order valence-electron chi connectivity index (χ0n) is 17.2. The molecule has 0 fully saturated rings. The number of benzene rings is 2. The topological polar surface area (TPSA) is 92.7 Å². The number of halogens is 5. The third-order valence-corrected chi connectivity index (χ3v) is 6.61. The summed E-state index contributed by atoms with van der Waals surface area (Å²) >= 11 is 0. The molecular formula is C21H20F5NO5S. The van der Waals surface area contributed by atoms with Crippen LogP contribution in [0.3, 0.4) is 0 Å². The number of nitrogens with one attached hydrogen (secondary N) is 1. The van der Waals surface area contributed by atoms with Crippen LogP contribution in [0.15, 0.2) is 41.3 Å². The number of carboxylic acids is 1. The molecule has 1 atom stereocenters. The van der Waals surface area contributed by atoms with Crippen LogP contribution in [-0.4, -0.2) is 26.1 Å². The largest absolute Gasteiger partial charge is 0.482 e. The van der Waals surface area contributed by atoms with E-state index < -0.39 is 56.8 Å². The van der Waals surface area contributed by atoms with E-state index in [-0.39, 0.29) is 11.8 Å². The van der Waals surface area contributed by atoms with Crippen molar-refractivity contribution in [2.75, 3.05) is 6.61 Å². The standard InChI is InChI=1S/C21H20F5NO5S/c1-20(22,23)12-8-13(21(24,25)26)10-14(9-12)33(30,31)27-17-6-2-5-16-15(17)4-3-7-18(16)32-11-19(28)29/h3-4,7-10,17,27H,2,5-6,11H2,1H3,(H,28,29)/t17-/m1/s1. The van der Waals surface area contributed by atoms with Crippen LogP contribution >= 0.6 is 0 Å². The lowest BCUT2D eigenvalue weighted by molar-refractivity contribution is -0.139. The second-order valence-electron chi connectivity index (χ2n) is 7.70. The van der Waals surface area contributed by atoms with Gasteiger partial charge in [-0.1, -0.05) is 12.1 Å². The SMILES string of the molecule is CC(F)(F)c1cc(C(F)(F)F)cc(S(=O)(=O)N[C@@H]2CCCc3c(OCC(=O)O)cccc32)c1. The minimum Gasteiger partial charge on any atom is -0.482 e. The average Bonchev–Trinajstić information content (AvgIpc) is 2.70. The molecular weight excluding hydrogens is 473 g/mol. The number of rotatable bonds is 7. The van der Waals surface area contributed by atoms with Crippen molar-refractivity contribution < 1.29 is 45.0 Å². The van der Waals surface area contributed by atoms with E-state index in [1.54, 1.807) is 6.07 Å². The highest BCUT2D eigenvalue weighted by Gasteiger charge is 2.37. The Morgan fingerprint density at radius 3 is 2.42 bits per heavy atom. The summed E-state index contributed by atoms with van der Waals surface area (Å²) in [6, 6.07) is 4.84. The molecule has 0 aromatic heterocycles. The van der Waals surface area contributed by atoms with Gasteiger partial charge in [0, 0.05) is 18.5 Å². The first-order valence-electron chi connectivity index (χ1n) is 9.78. The summed E-state index contributed by atoms with van der Waals surface area (Å²) in [5.74, 6) is -4.64. The van der Waals surface area contributed by atoms with Gasteiger partial charge in [0.15, 0.2) is 6.61 Å². The molecule has 0 saturated carbocycles. The van der Waals surface area contributed by atoms with Gasteiger partial charge in [0.05, 0.1) is 10.5 Å². The van der Waals surface area contributed by atoms with Gasteiger partial charge in [-0.2, -0.15) is 13.2 Å². The van der Waals surface area contributed by atoms with Gasteiger partial charge < -0.3 is 9.84 Å². The Morgan fingerprint density at radius 1 is 1.15 bits per heavy atom. The summed E-state index contributed by atoms with van der Waals surface area (Å²) in [6.07, 6.45) is -3.78. The van der Waals surface area contributed by atoms with Gasteiger partial charge in [-0.3, -0.25) is 0 Å². The molecule has 2 aromatic rings. The Hall–Kier alpha value is -2.73. The first-order valence-corrected chi connectivity index (χ1v) is 11.3. The number of hydrogen-bond donors (Lipinski definition) is 2. The van der Waals surface area contributed by atoms with Crippen LogP contribution in [0, 0.1) is 0 Å². The summed E-state index contributed by atoms with van der Waals surface area (Å²) in [7, 11) is -4.63. The highest BCUT2D eigenvalue weighted by atomic mass is 32.2. The van der Waals surface area contributed by atoms with Crippen molar-refractivity contribution in [3.05, 3.63) is 58.7 Å². The van der Waals surface area contributed by atoms with Crippen molar-refractivity contribution in [3.63, 3.8) is 0 Å². The predicted octanol–water partition coefficient (Wildman–Crippen LogP) is 4.64. The molecule has 0 amide bonds. The van der Waals surface area contributed by atoms with Crippen molar-refractivity contribution in [3.8, 4) is 5.75 Å². The Kier molecular flexibility index (Phi) is 6.72. The lowest BCUT2D eigenvalue weighted by atomic mass is 9.87. The fourth-order valence-electron chi connectivity index (χ4n) is 3.64. The number of carbonyl (C=O) groups is 1. The second-order valence-corrected chi connectivity index (χ2v) is 9.42. The smallest absolute Gasteiger partial charge is 0.416 e. The van der Waals surface area contributed by atoms with Crippen LogP contribution in [0.2, 0.25) is 0 Å². The lowest BCUT2D eigenvalue weighted by Gasteiger charge is -2.28. The van der Waals surface area contributed by atoms with Crippen LogP contribution in [-0.2, 0) is 33.3 Å². The molecule has 0 radical (unpaired) electrons. The van der Waals surface area contributed by atoms with E-state index in [1.165, 1.54) is 12.1 Å². The molecule has 1 aliphatic rings. The molecule has 0 heterocycles. The zero-order valence-corrected chi connectivity index (χ0v) is 18.1. The molecule has 3 rings (SSSR count). The van der Waals surface area contributed by atoms with Crippen molar-refractivity contribution in [1.29, 1.82) is 0 Å². The number of ether oxygens (including phenoxy) is 1. The molecule has 2 aromatic carbocycles. The summed E-state index contributed by atoms with van der Waals surface area (Å²) in [4.78, 5) is 9.86. The number of hydrogen-bond acceptors (Lipinski definition) is 4. The van der Waals surface area contributed by atoms with E-state index in [2.05, 4.69) is 4.72 Å². The van der Waals surface area contributed by atoms with Gasteiger partial charge in [0.25, 0.3) is 5.92 Å². The first-order chi connectivity index (χ1) is 15.2. The Morgan fingerprint density at radius 2 is 1.82 bits per heavy atom. The normalized spacial score (nSPS) is 16.8. The summed E-state index contributed by atoms with van der Waals surface area (Å²) < 4.78 is 101. The number of aliphatic carboxylic acids is 1. The van der Waals surface area contributed by atoms with Gasteiger partial charge in [-0.25, -0.2) is 26.7 Å². The van der Waals surface area contributed by atoms with Crippen LogP contribution in [0.25, 0.3) is 0 Å².